The number of amides is 1. The van der Waals surface area contributed by atoms with Crippen LogP contribution in [0.25, 0.3) is 0 Å². The first-order valence-electron chi connectivity index (χ1n) is 7.29. The number of rotatable bonds is 6. The second-order valence-corrected chi connectivity index (χ2v) is 5.18. The van der Waals surface area contributed by atoms with E-state index in [-0.39, 0.29) is 17.6 Å². The number of carbonyl (C=O) groups excluding carboxylic acids is 1. The fourth-order valence-corrected chi connectivity index (χ4v) is 2.24. The number of methoxy groups -OCH3 is 2. The Balaban J connectivity index is 1.99. The van der Waals surface area contributed by atoms with Gasteiger partial charge in [-0.05, 0) is 42.3 Å². The molecule has 1 amide bonds. The number of nitrogens with one attached hydrogen (secondary N) is 1. The zero-order valence-electron chi connectivity index (χ0n) is 13.4. The molecule has 23 heavy (non-hydrogen) atoms. The van der Waals surface area contributed by atoms with Crippen molar-refractivity contribution in [2.45, 2.75) is 19.4 Å². The van der Waals surface area contributed by atoms with Gasteiger partial charge in [-0.15, -0.1) is 0 Å². The second kappa shape index (κ2) is 7.63. The molecule has 0 aromatic heterocycles. The molecule has 2 aromatic rings. The molecule has 1 N–H and O–H groups in total. The van der Waals surface area contributed by atoms with E-state index in [4.69, 9.17) is 9.47 Å². The molecule has 0 radical (unpaired) electrons. The van der Waals surface area contributed by atoms with E-state index in [1.807, 2.05) is 12.1 Å². The highest BCUT2D eigenvalue weighted by atomic mass is 19.1. The quantitative estimate of drug-likeness (QED) is 0.889. The molecule has 1 atom stereocenters. The molecule has 2 rings (SSSR count). The summed E-state index contributed by atoms with van der Waals surface area (Å²) >= 11 is 0. The standard InChI is InChI=1S/C18H20FNO3/c1-12(14-5-7-15(19)8-6-14)18(21)20-11-13-4-9-16(22-2)17(10-13)23-3/h4-10,12H,11H2,1-3H3,(H,20,21)/t12-/m1/s1. The third-order valence-electron chi connectivity index (χ3n) is 3.68. The predicted octanol–water partition coefficient (Wildman–Crippen LogP) is 3.26. The lowest BCUT2D eigenvalue weighted by molar-refractivity contribution is -0.122. The topological polar surface area (TPSA) is 47.6 Å². The summed E-state index contributed by atoms with van der Waals surface area (Å²) in [4.78, 5) is 12.2. The van der Waals surface area contributed by atoms with E-state index in [0.717, 1.165) is 11.1 Å². The summed E-state index contributed by atoms with van der Waals surface area (Å²) in [6.07, 6.45) is 0. The molecule has 122 valence electrons. The molecule has 4 nitrogen and oxygen atoms in total. The van der Waals surface area contributed by atoms with Gasteiger partial charge in [0.1, 0.15) is 5.82 Å². The summed E-state index contributed by atoms with van der Waals surface area (Å²) in [6, 6.07) is 11.4. The predicted molar refractivity (Wildman–Crippen MR) is 86.2 cm³/mol. The maximum absolute atomic E-state index is 12.9. The van der Waals surface area contributed by atoms with E-state index >= 15 is 0 Å². The highest BCUT2D eigenvalue weighted by molar-refractivity contribution is 5.83. The van der Waals surface area contributed by atoms with Crippen molar-refractivity contribution < 1.29 is 18.7 Å². The Labute approximate surface area is 135 Å². The number of hydrogen-bond donors (Lipinski definition) is 1. The van der Waals surface area contributed by atoms with E-state index in [0.29, 0.717) is 18.0 Å². The normalized spacial score (nSPS) is 11.7. The van der Waals surface area contributed by atoms with Gasteiger partial charge in [0.25, 0.3) is 0 Å². The summed E-state index contributed by atoms with van der Waals surface area (Å²) in [7, 11) is 3.14. The number of halogens is 1. The zero-order chi connectivity index (χ0) is 16.8. The van der Waals surface area contributed by atoms with Crippen LogP contribution in [0.3, 0.4) is 0 Å². The van der Waals surface area contributed by atoms with Crippen molar-refractivity contribution in [3.8, 4) is 11.5 Å². The summed E-state index contributed by atoms with van der Waals surface area (Å²) in [5.41, 5.74) is 1.68. The van der Waals surface area contributed by atoms with Gasteiger partial charge < -0.3 is 14.8 Å². The minimum Gasteiger partial charge on any atom is -0.493 e. The first-order valence-corrected chi connectivity index (χ1v) is 7.29. The van der Waals surface area contributed by atoms with Gasteiger partial charge >= 0.3 is 0 Å². The third-order valence-corrected chi connectivity index (χ3v) is 3.68. The Morgan fingerprint density at radius 2 is 1.74 bits per heavy atom. The first kappa shape index (κ1) is 16.8. The van der Waals surface area contributed by atoms with Crippen LogP contribution in [-0.4, -0.2) is 20.1 Å². The molecule has 0 unspecified atom stereocenters. The van der Waals surface area contributed by atoms with E-state index < -0.39 is 0 Å². The second-order valence-electron chi connectivity index (χ2n) is 5.18. The van der Waals surface area contributed by atoms with Crippen molar-refractivity contribution >= 4 is 5.91 Å². The molecular weight excluding hydrogens is 297 g/mol. The third kappa shape index (κ3) is 4.22. The summed E-state index contributed by atoms with van der Waals surface area (Å²) in [5.74, 6) is 0.474. The minimum absolute atomic E-state index is 0.119. The Morgan fingerprint density at radius 3 is 2.35 bits per heavy atom. The Morgan fingerprint density at radius 1 is 1.09 bits per heavy atom. The summed E-state index contributed by atoms with van der Waals surface area (Å²) in [5, 5.41) is 2.87. The van der Waals surface area contributed by atoms with Crippen LogP contribution in [0.2, 0.25) is 0 Å². The van der Waals surface area contributed by atoms with Crippen LogP contribution in [0.15, 0.2) is 42.5 Å². The average molecular weight is 317 g/mol. The smallest absolute Gasteiger partial charge is 0.227 e. The van der Waals surface area contributed by atoms with Crippen molar-refractivity contribution in [2.24, 2.45) is 0 Å². The molecule has 0 spiro atoms. The van der Waals surface area contributed by atoms with E-state index in [2.05, 4.69) is 5.32 Å². The van der Waals surface area contributed by atoms with E-state index in [1.165, 1.54) is 12.1 Å². The Hall–Kier alpha value is -2.56. The van der Waals surface area contributed by atoms with Gasteiger partial charge in [0.15, 0.2) is 11.5 Å². The first-order chi connectivity index (χ1) is 11.0. The van der Waals surface area contributed by atoms with Gasteiger partial charge in [0.05, 0.1) is 20.1 Å². The van der Waals surface area contributed by atoms with Crippen LogP contribution in [-0.2, 0) is 11.3 Å². The Bertz CT molecular complexity index is 670. The number of benzene rings is 2. The van der Waals surface area contributed by atoms with Gasteiger partial charge in [0, 0.05) is 6.54 Å². The van der Waals surface area contributed by atoms with Crippen molar-refractivity contribution in [3.63, 3.8) is 0 Å². The summed E-state index contributed by atoms with van der Waals surface area (Å²) < 4.78 is 23.3. The van der Waals surface area contributed by atoms with Crippen molar-refractivity contribution in [3.05, 3.63) is 59.4 Å². The van der Waals surface area contributed by atoms with Crippen LogP contribution < -0.4 is 14.8 Å². The molecule has 0 saturated heterocycles. The fraction of sp³-hybridized carbons (Fsp3) is 0.278. The lowest BCUT2D eigenvalue weighted by atomic mass is 10.0. The minimum atomic E-state index is -0.351. The van der Waals surface area contributed by atoms with Crippen molar-refractivity contribution in [1.29, 1.82) is 0 Å². The van der Waals surface area contributed by atoms with Crippen LogP contribution in [0.1, 0.15) is 24.0 Å². The molecule has 5 heteroatoms. The van der Waals surface area contributed by atoms with Gasteiger partial charge in [0.2, 0.25) is 5.91 Å². The molecule has 0 saturated carbocycles. The molecule has 0 aliphatic carbocycles. The SMILES string of the molecule is COc1ccc(CNC(=O)[C@H](C)c2ccc(F)cc2)cc1OC. The molecule has 0 heterocycles. The lowest BCUT2D eigenvalue weighted by Crippen LogP contribution is -2.27. The van der Waals surface area contributed by atoms with Gasteiger partial charge in [-0.25, -0.2) is 4.39 Å². The number of ether oxygens (including phenoxy) is 2. The highest BCUT2D eigenvalue weighted by Crippen LogP contribution is 2.27. The van der Waals surface area contributed by atoms with Gasteiger partial charge in [-0.3, -0.25) is 4.79 Å². The number of carbonyl (C=O) groups is 1. The molecule has 0 aliphatic rings. The Kier molecular flexibility index (Phi) is 5.57. The van der Waals surface area contributed by atoms with Gasteiger partial charge in [-0.1, -0.05) is 18.2 Å². The average Bonchev–Trinajstić information content (AvgIpc) is 2.59. The van der Waals surface area contributed by atoms with Crippen molar-refractivity contribution in [2.75, 3.05) is 14.2 Å². The number of hydrogen-bond acceptors (Lipinski definition) is 3. The summed E-state index contributed by atoms with van der Waals surface area (Å²) in [6.45, 7) is 2.17. The maximum atomic E-state index is 12.9. The van der Waals surface area contributed by atoms with Crippen LogP contribution >= 0.6 is 0 Å². The maximum Gasteiger partial charge on any atom is 0.227 e. The largest absolute Gasteiger partial charge is 0.493 e. The molecular formula is C18H20FNO3. The lowest BCUT2D eigenvalue weighted by Gasteiger charge is -2.14. The molecule has 0 fully saturated rings. The van der Waals surface area contributed by atoms with Gasteiger partial charge in [-0.2, -0.15) is 0 Å². The van der Waals surface area contributed by atoms with E-state index in [9.17, 15) is 9.18 Å². The van der Waals surface area contributed by atoms with Crippen LogP contribution in [0.5, 0.6) is 11.5 Å². The highest BCUT2D eigenvalue weighted by Gasteiger charge is 2.15. The van der Waals surface area contributed by atoms with Crippen molar-refractivity contribution in [1.82, 2.24) is 5.32 Å². The monoisotopic (exact) mass is 317 g/mol. The molecule has 2 aromatic carbocycles. The van der Waals surface area contributed by atoms with E-state index in [1.54, 1.807) is 39.3 Å². The molecule has 0 aliphatic heterocycles. The molecule has 0 bridgehead atoms. The fourth-order valence-electron chi connectivity index (χ4n) is 2.24. The van der Waals surface area contributed by atoms with Crippen LogP contribution in [0.4, 0.5) is 4.39 Å². The van der Waals surface area contributed by atoms with Crippen LogP contribution in [0, 0.1) is 5.82 Å². The zero-order valence-corrected chi connectivity index (χ0v) is 13.4.